The van der Waals surface area contributed by atoms with Gasteiger partial charge in [0, 0.05) is 24.6 Å². The molecule has 0 saturated heterocycles. The fraction of sp³-hybridized carbons (Fsp3) is 0.273. The highest BCUT2D eigenvalue weighted by atomic mass is 32.2. The summed E-state index contributed by atoms with van der Waals surface area (Å²) in [5, 5.41) is -0.107. The van der Waals surface area contributed by atoms with E-state index in [1.165, 1.54) is 6.20 Å². The molecule has 7 heteroatoms. The third-order valence-corrected chi connectivity index (χ3v) is 6.72. The Morgan fingerprint density at radius 3 is 2.72 bits per heavy atom. The number of aryl methyl sites for hydroxylation is 3. The summed E-state index contributed by atoms with van der Waals surface area (Å²) in [6, 6.07) is 13.5. The average molecular weight is 410 g/mol. The first-order valence-electron chi connectivity index (χ1n) is 9.59. The zero-order valence-electron chi connectivity index (χ0n) is 16.5. The average Bonchev–Trinajstić information content (AvgIpc) is 3.20. The van der Waals surface area contributed by atoms with Crippen molar-refractivity contribution in [2.24, 2.45) is 0 Å². The normalized spacial score (nSPS) is 13.9. The van der Waals surface area contributed by atoms with E-state index in [0.717, 1.165) is 40.9 Å². The number of para-hydroxylation sites is 1. The maximum absolute atomic E-state index is 13.1. The summed E-state index contributed by atoms with van der Waals surface area (Å²) < 4.78 is 27.8. The lowest BCUT2D eigenvalue weighted by Gasteiger charge is -2.29. The molecule has 4 rings (SSSR count). The molecular formula is C22H23N3O3S. The van der Waals surface area contributed by atoms with Crippen LogP contribution in [-0.2, 0) is 21.1 Å². The Hall–Kier alpha value is -2.93. The number of sulfone groups is 1. The molecule has 0 atom stereocenters. The molecule has 2 aromatic carbocycles. The summed E-state index contributed by atoms with van der Waals surface area (Å²) >= 11 is 0. The van der Waals surface area contributed by atoms with Gasteiger partial charge in [0.25, 0.3) is 0 Å². The molecule has 0 bridgehead atoms. The Labute approximate surface area is 170 Å². The molecule has 2 heterocycles. The minimum atomic E-state index is -3.92. The summed E-state index contributed by atoms with van der Waals surface area (Å²) in [5.74, 6) is -1.03. The lowest BCUT2D eigenvalue weighted by Crippen LogP contribution is -2.39. The number of benzene rings is 2. The van der Waals surface area contributed by atoms with Crippen molar-refractivity contribution in [2.45, 2.75) is 31.8 Å². The van der Waals surface area contributed by atoms with Crippen LogP contribution in [0.25, 0.3) is 5.69 Å². The second kappa shape index (κ2) is 7.48. The van der Waals surface area contributed by atoms with Crippen LogP contribution >= 0.6 is 0 Å². The molecule has 29 heavy (non-hydrogen) atoms. The monoisotopic (exact) mass is 409 g/mol. The number of hydrogen-bond donors (Lipinski definition) is 0. The van der Waals surface area contributed by atoms with E-state index < -0.39 is 21.5 Å². The number of amides is 1. The first-order valence-corrected chi connectivity index (χ1v) is 11.2. The third kappa shape index (κ3) is 3.70. The molecule has 0 saturated carbocycles. The van der Waals surface area contributed by atoms with Gasteiger partial charge in [-0.2, -0.15) is 0 Å². The van der Waals surface area contributed by atoms with Crippen molar-refractivity contribution < 1.29 is 13.2 Å². The van der Waals surface area contributed by atoms with Crippen molar-refractivity contribution in [1.82, 2.24) is 9.55 Å². The van der Waals surface area contributed by atoms with Gasteiger partial charge in [-0.1, -0.05) is 30.3 Å². The molecular weight excluding hydrogens is 386 g/mol. The van der Waals surface area contributed by atoms with Crippen LogP contribution in [-0.4, -0.2) is 36.2 Å². The van der Waals surface area contributed by atoms with E-state index in [9.17, 15) is 13.2 Å². The Bertz CT molecular complexity index is 1180. The third-order valence-electron chi connectivity index (χ3n) is 5.23. The Morgan fingerprint density at radius 2 is 1.90 bits per heavy atom. The van der Waals surface area contributed by atoms with E-state index >= 15 is 0 Å². The van der Waals surface area contributed by atoms with Gasteiger partial charge in [-0.15, -0.1) is 0 Å². The fourth-order valence-corrected chi connectivity index (χ4v) is 5.07. The molecule has 0 unspecified atom stereocenters. The lowest BCUT2D eigenvalue weighted by molar-refractivity contribution is -0.116. The summed E-state index contributed by atoms with van der Waals surface area (Å²) in [4.78, 5) is 18.6. The molecule has 3 aromatic rings. The first-order chi connectivity index (χ1) is 13.9. The Morgan fingerprint density at radius 1 is 1.10 bits per heavy atom. The minimum absolute atomic E-state index is 0.107. The van der Waals surface area contributed by atoms with Crippen molar-refractivity contribution in [1.29, 1.82) is 0 Å². The topological polar surface area (TPSA) is 72.3 Å². The van der Waals surface area contributed by atoms with Crippen LogP contribution in [0.5, 0.6) is 0 Å². The van der Waals surface area contributed by atoms with Crippen molar-refractivity contribution in [2.75, 3.05) is 17.2 Å². The summed E-state index contributed by atoms with van der Waals surface area (Å²) in [5.41, 5.74) is 4.57. The van der Waals surface area contributed by atoms with Crippen LogP contribution < -0.4 is 4.90 Å². The molecule has 6 nitrogen and oxygen atoms in total. The predicted octanol–water partition coefficient (Wildman–Crippen LogP) is 3.24. The van der Waals surface area contributed by atoms with Gasteiger partial charge in [0.05, 0.1) is 5.69 Å². The lowest BCUT2D eigenvalue weighted by atomic mass is 10.0. The molecule has 0 N–H and O–H groups in total. The number of anilines is 1. The van der Waals surface area contributed by atoms with E-state index in [-0.39, 0.29) is 5.16 Å². The molecule has 0 aliphatic carbocycles. The highest BCUT2D eigenvalue weighted by Crippen LogP contribution is 2.27. The Kier molecular flexibility index (Phi) is 5.00. The standard InChI is InChI=1S/C22H23N3O3S/c1-16-9-10-17(2)20(14-16)25-13-11-23-22(25)29(27,28)15-21(26)24-12-5-7-18-6-3-4-8-19(18)24/h3-4,6,8-11,13-14H,5,7,12,15H2,1-2H3. The SMILES string of the molecule is Cc1ccc(C)c(-n2ccnc2S(=O)(=O)CC(=O)N2CCCc3ccccc32)c1. The highest BCUT2D eigenvalue weighted by molar-refractivity contribution is 7.92. The first kappa shape index (κ1) is 19.4. The smallest absolute Gasteiger partial charge is 0.242 e. The van der Waals surface area contributed by atoms with Gasteiger partial charge in [0.15, 0.2) is 0 Å². The second-order valence-electron chi connectivity index (χ2n) is 7.41. The van der Waals surface area contributed by atoms with E-state index in [2.05, 4.69) is 4.98 Å². The maximum Gasteiger partial charge on any atom is 0.242 e. The number of fused-ring (bicyclic) bond motifs is 1. The van der Waals surface area contributed by atoms with Crippen LogP contribution in [0, 0.1) is 13.8 Å². The van der Waals surface area contributed by atoms with E-state index in [4.69, 9.17) is 0 Å². The van der Waals surface area contributed by atoms with E-state index in [0.29, 0.717) is 6.54 Å². The molecule has 1 aliphatic heterocycles. The number of aromatic nitrogens is 2. The quantitative estimate of drug-likeness (QED) is 0.663. The molecule has 150 valence electrons. The summed E-state index contributed by atoms with van der Waals surface area (Å²) in [6.45, 7) is 4.39. The van der Waals surface area contributed by atoms with Crippen LogP contribution in [0.15, 0.2) is 60.0 Å². The zero-order chi connectivity index (χ0) is 20.6. The minimum Gasteiger partial charge on any atom is -0.311 e. The van der Waals surface area contributed by atoms with Crippen molar-refractivity contribution in [3.05, 3.63) is 71.5 Å². The number of carbonyl (C=O) groups is 1. The number of nitrogens with zero attached hydrogens (tertiary/aromatic N) is 3. The molecule has 0 spiro atoms. The molecule has 1 aliphatic rings. The number of rotatable bonds is 4. The number of imidazole rings is 1. The fourth-order valence-electron chi connectivity index (χ4n) is 3.78. The van der Waals surface area contributed by atoms with Gasteiger partial charge in [0.1, 0.15) is 5.75 Å². The largest absolute Gasteiger partial charge is 0.311 e. The zero-order valence-corrected chi connectivity index (χ0v) is 17.3. The van der Waals surface area contributed by atoms with Crippen molar-refractivity contribution >= 4 is 21.4 Å². The van der Waals surface area contributed by atoms with Gasteiger partial charge in [-0.3, -0.25) is 9.36 Å². The van der Waals surface area contributed by atoms with E-state index in [1.54, 1.807) is 15.7 Å². The summed E-state index contributed by atoms with van der Waals surface area (Å²) in [6.07, 6.45) is 4.79. The van der Waals surface area contributed by atoms with Crippen LogP contribution in [0.4, 0.5) is 5.69 Å². The maximum atomic E-state index is 13.1. The van der Waals surface area contributed by atoms with Crippen molar-refractivity contribution in [3.8, 4) is 5.69 Å². The molecule has 1 aromatic heterocycles. The molecule has 0 radical (unpaired) electrons. The van der Waals surface area contributed by atoms with Crippen LogP contribution in [0.1, 0.15) is 23.1 Å². The predicted molar refractivity (Wildman–Crippen MR) is 112 cm³/mol. The Balaban J connectivity index is 1.65. The van der Waals surface area contributed by atoms with Gasteiger partial charge in [-0.25, -0.2) is 13.4 Å². The van der Waals surface area contributed by atoms with Crippen LogP contribution in [0.2, 0.25) is 0 Å². The van der Waals surface area contributed by atoms with E-state index in [1.807, 2.05) is 56.3 Å². The van der Waals surface area contributed by atoms with Crippen molar-refractivity contribution in [3.63, 3.8) is 0 Å². The van der Waals surface area contributed by atoms with Crippen LogP contribution in [0.3, 0.4) is 0 Å². The number of hydrogen-bond acceptors (Lipinski definition) is 4. The highest BCUT2D eigenvalue weighted by Gasteiger charge is 2.30. The van der Waals surface area contributed by atoms with Gasteiger partial charge in [-0.05, 0) is 55.5 Å². The van der Waals surface area contributed by atoms with Gasteiger partial charge < -0.3 is 4.90 Å². The van der Waals surface area contributed by atoms with Gasteiger partial charge in [0.2, 0.25) is 20.9 Å². The van der Waals surface area contributed by atoms with Gasteiger partial charge >= 0.3 is 0 Å². The molecule has 0 fully saturated rings. The molecule has 1 amide bonds. The number of carbonyl (C=O) groups excluding carboxylic acids is 1. The second-order valence-corrected chi connectivity index (χ2v) is 9.29. The summed E-state index contributed by atoms with van der Waals surface area (Å²) in [7, 11) is -3.92.